The third kappa shape index (κ3) is 1.71. The molecule has 0 spiro atoms. The van der Waals surface area contributed by atoms with E-state index in [1.807, 2.05) is 7.05 Å². The molecule has 1 N–H and O–H groups in total. The van der Waals surface area contributed by atoms with Crippen LogP contribution in [0.15, 0.2) is 6.20 Å². The fourth-order valence-corrected chi connectivity index (χ4v) is 5.81. The lowest BCUT2D eigenvalue weighted by Crippen LogP contribution is -2.52. The number of rotatable bonds is 3. The average Bonchev–Trinajstić information content (AvgIpc) is 2.79. The second-order valence-electron chi connectivity index (χ2n) is 7.75. The minimum atomic E-state index is 0.366. The van der Waals surface area contributed by atoms with Crippen LogP contribution in [0, 0.1) is 24.7 Å². The zero-order valence-electron chi connectivity index (χ0n) is 13.0. The van der Waals surface area contributed by atoms with Crippen LogP contribution in [-0.2, 0) is 5.54 Å². The van der Waals surface area contributed by atoms with Gasteiger partial charge in [-0.05, 0) is 77.2 Å². The Bertz CT molecular complexity index is 481. The summed E-state index contributed by atoms with van der Waals surface area (Å²) in [4.78, 5) is 0. The summed E-state index contributed by atoms with van der Waals surface area (Å²) in [5.74, 6) is 2.94. The molecule has 5 rings (SSSR count). The molecule has 0 radical (unpaired) electrons. The van der Waals surface area contributed by atoms with E-state index in [0.717, 1.165) is 17.8 Å². The van der Waals surface area contributed by atoms with Gasteiger partial charge < -0.3 is 5.32 Å². The van der Waals surface area contributed by atoms with Crippen LogP contribution in [0.2, 0.25) is 0 Å². The van der Waals surface area contributed by atoms with Crippen LogP contribution in [0.5, 0.6) is 0 Å². The summed E-state index contributed by atoms with van der Waals surface area (Å²) in [6.45, 7) is 4.50. The third-order valence-corrected chi connectivity index (χ3v) is 6.40. The van der Waals surface area contributed by atoms with Crippen molar-refractivity contribution in [2.24, 2.45) is 17.8 Å². The first-order valence-corrected chi connectivity index (χ1v) is 8.33. The maximum Gasteiger partial charge on any atom is 0.0638 e. The van der Waals surface area contributed by atoms with Crippen LogP contribution in [0.3, 0.4) is 0 Å². The van der Waals surface area contributed by atoms with Gasteiger partial charge in [-0.2, -0.15) is 5.10 Å². The highest BCUT2D eigenvalue weighted by molar-refractivity contribution is 5.22. The topological polar surface area (TPSA) is 29.9 Å². The lowest BCUT2D eigenvalue weighted by Gasteiger charge is -2.57. The van der Waals surface area contributed by atoms with Crippen molar-refractivity contribution in [1.82, 2.24) is 15.1 Å². The Balaban J connectivity index is 1.72. The van der Waals surface area contributed by atoms with Gasteiger partial charge in [-0.1, -0.05) is 0 Å². The quantitative estimate of drug-likeness (QED) is 0.915. The zero-order valence-corrected chi connectivity index (χ0v) is 13.0. The van der Waals surface area contributed by atoms with Crippen molar-refractivity contribution in [2.75, 3.05) is 7.05 Å². The van der Waals surface area contributed by atoms with Crippen molar-refractivity contribution in [3.05, 3.63) is 17.5 Å². The molecule has 110 valence electrons. The molecule has 0 saturated heterocycles. The van der Waals surface area contributed by atoms with E-state index in [1.54, 1.807) is 0 Å². The molecule has 1 atom stereocenters. The predicted molar refractivity (Wildman–Crippen MR) is 80.6 cm³/mol. The first-order chi connectivity index (χ1) is 9.61. The normalized spacial score (nSPS) is 40.2. The second-order valence-corrected chi connectivity index (χ2v) is 7.75. The number of nitrogens with zero attached hydrogens (tertiary/aromatic N) is 2. The smallest absolute Gasteiger partial charge is 0.0638 e. The van der Waals surface area contributed by atoms with Gasteiger partial charge in [0.1, 0.15) is 0 Å². The number of hydrogen-bond donors (Lipinski definition) is 1. The van der Waals surface area contributed by atoms with E-state index in [2.05, 4.69) is 30.0 Å². The van der Waals surface area contributed by atoms with Crippen molar-refractivity contribution in [3.8, 4) is 0 Å². The van der Waals surface area contributed by atoms with E-state index >= 15 is 0 Å². The highest BCUT2D eigenvalue weighted by Crippen LogP contribution is 2.58. The SMILES string of the molecule is CNC(C)c1cnn(C23CC4CC(CC(C4)C2)C3)c1C. The first kappa shape index (κ1) is 12.9. The molecule has 3 heteroatoms. The van der Waals surface area contributed by atoms with Crippen LogP contribution in [0.25, 0.3) is 0 Å². The molecule has 1 aromatic rings. The Kier molecular flexibility index (Phi) is 2.79. The molecule has 4 fully saturated rings. The molecule has 1 unspecified atom stereocenters. The molecule has 4 saturated carbocycles. The fourth-order valence-electron chi connectivity index (χ4n) is 5.81. The maximum atomic E-state index is 4.85. The summed E-state index contributed by atoms with van der Waals surface area (Å²) in [6.07, 6.45) is 10.8. The molecule has 1 aromatic heterocycles. The monoisotopic (exact) mass is 273 g/mol. The first-order valence-electron chi connectivity index (χ1n) is 8.33. The Morgan fingerprint density at radius 3 is 2.25 bits per heavy atom. The second kappa shape index (κ2) is 4.33. The molecule has 0 amide bonds. The summed E-state index contributed by atoms with van der Waals surface area (Å²) >= 11 is 0. The molecule has 0 aliphatic heterocycles. The van der Waals surface area contributed by atoms with Gasteiger partial charge in [0.25, 0.3) is 0 Å². The van der Waals surface area contributed by atoms with E-state index < -0.39 is 0 Å². The highest BCUT2D eigenvalue weighted by Gasteiger charge is 2.52. The zero-order chi connectivity index (χ0) is 13.9. The summed E-state index contributed by atoms with van der Waals surface area (Å²) in [5.41, 5.74) is 3.14. The van der Waals surface area contributed by atoms with E-state index in [1.165, 1.54) is 49.8 Å². The van der Waals surface area contributed by atoms with Crippen molar-refractivity contribution < 1.29 is 0 Å². The largest absolute Gasteiger partial charge is 0.313 e. The Labute approximate surface area is 122 Å². The lowest BCUT2D eigenvalue weighted by molar-refractivity contribution is -0.0504. The minimum absolute atomic E-state index is 0.366. The molecular formula is C17H27N3. The molecule has 20 heavy (non-hydrogen) atoms. The fraction of sp³-hybridized carbons (Fsp3) is 0.824. The summed E-state index contributed by atoms with van der Waals surface area (Å²) in [7, 11) is 2.03. The third-order valence-electron chi connectivity index (χ3n) is 6.40. The molecule has 4 aliphatic carbocycles. The molecule has 3 nitrogen and oxygen atoms in total. The van der Waals surface area contributed by atoms with Gasteiger partial charge in [-0.15, -0.1) is 0 Å². The predicted octanol–water partition coefficient (Wildman–Crippen LogP) is 3.40. The number of aromatic nitrogens is 2. The van der Waals surface area contributed by atoms with Crippen molar-refractivity contribution in [1.29, 1.82) is 0 Å². The molecule has 4 aliphatic rings. The molecule has 0 aromatic carbocycles. The van der Waals surface area contributed by atoms with E-state index in [-0.39, 0.29) is 0 Å². The van der Waals surface area contributed by atoms with Crippen molar-refractivity contribution in [3.63, 3.8) is 0 Å². The van der Waals surface area contributed by atoms with Gasteiger partial charge in [0.2, 0.25) is 0 Å². The van der Waals surface area contributed by atoms with Crippen LogP contribution in [-0.4, -0.2) is 16.8 Å². The summed E-state index contributed by atoms with van der Waals surface area (Å²) in [6, 6.07) is 0.401. The van der Waals surface area contributed by atoms with Crippen LogP contribution >= 0.6 is 0 Å². The Hall–Kier alpha value is -0.830. The Morgan fingerprint density at radius 2 is 1.75 bits per heavy atom. The van der Waals surface area contributed by atoms with Gasteiger partial charge in [0, 0.05) is 17.3 Å². The minimum Gasteiger partial charge on any atom is -0.313 e. The highest BCUT2D eigenvalue weighted by atomic mass is 15.3. The van der Waals surface area contributed by atoms with E-state index in [4.69, 9.17) is 5.10 Å². The molecule has 1 heterocycles. The summed E-state index contributed by atoms with van der Waals surface area (Å²) < 4.78 is 2.43. The molecular weight excluding hydrogens is 246 g/mol. The molecule has 4 bridgehead atoms. The van der Waals surface area contributed by atoms with Gasteiger partial charge >= 0.3 is 0 Å². The van der Waals surface area contributed by atoms with E-state index in [9.17, 15) is 0 Å². The van der Waals surface area contributed by atoms with Crippen LogP contribution in [0.1, 0.15) is 62.7 Å². The standard InChI is InChI=1S/C17H27N3/c1-11(18-3)16-10-19-20(12(16)2)17-7-13-4-14(8-17)6-15(5-13)9-17/h10-11,13-15,18H,4-9H2,1-3H3. The lowest BCUT2D eigenvalue weighted by atomic mass is 9.53. The van der Waals surface area contributed by atoms with Gasteiger partial charge in [-0.25, -0.2) is 0 Å². The Morgan fingerprint density at radius 1 is 1.20 bits per heavy atom. The van der Waals surface area contributed by atoms with E-state index in [0.29, 0.717) is 11.6 Å². The van der Waals surface area contributed by atoms with Gasteiger partial charge in [-0.3, -0.25) is 4.68 Å². The number of nitrogens with one attached hydrogen (secondary N) is 1. The maximum absolute atomic E-state index is 4.85. The van der Waals surface area contributed by atoms with Crippen molar-refractivity contribution in [2.45, 2.75) is 64.0 Å². The van der Waals surface area contributed by atoms with Crippen LogP contribution in [0.4, 0.5) is 0 Å². The summed E-state index contributed by atoms with van der Waals surface area (Å²) in [5, 5.41) is 8.21. The van der Waals surface area contributed by atoms with Crippen LogP contribution < -0.4 is 5.32 Å². The van der Waals surface area contributed by atoms with Crippen molar-refractivity contribution >= 4 is 0 Å². The number of hydrogen-bond acceptors (Lipinski definition) is 2. The van der Waals surface area contributed by atoms with Gasteiger partial charge in [0.15, 0.2) is 0 Å². The van der Waals surface area contributed by atoms with Gasteiger partial charge in [0.05, 0.1) is 11.7 Å². The average molecular weight is 273 g/mol.